The van der Waals surface area contributed by atoms with E-state index in [-0.39, 0.29) is 0 Å². The standard InChI is InChI=1S/C16H20BrNO2/c17-12-7-11(13-3-1-2-6-18-13)8-14-15(12)20-10-16(4-5-16)9-19-14/h7-8,13,18H,1-6,9-10H2. The van der Waals surface area contributed by atoms with Gasteiger partial charge < -0.3 is 14.8 Å². The van der Waals surface area contributed by atoms with E-state index in [1.165, 1.54) is 37.7 Å². The minimum absolute atomic E-state index is 0.293. The van der Waals surface area contributed by atoms with Gasteiger partial charge in [0.25, 0.3) is 0 Å². The van der Waals surface area contributed by atoms with E-state index in [1.54, 1.807) is 0 Å². The lowest BCUT2D eigenvalue weighted by atomic mass is 9.97. The van der Waals surface area contributed by atoms with Crippen molar-refractivity contribution in [3.8, 4) is 11.5 Å². The van der Waals surface area contributed by atoms with E-state index in [1.807, 2.05) is 0 Å². The molecule has 1 unspecified atom stereocenters. The lowest BCUT2D eigenvalue weighted by Gasteiger charge is -2.25. The minimum Gasteiger partial charge on any atom is -0.489 e. The fraction of sp³-hybridized carbons (Fsp3) is 0.625. The fourth-order valence-electron chi connectivity index (χ4n) is 3.14. The van der Waals surface area contributed by atoms with Gasteiger partial charge in [0.2, 0.25) is 0 Å². The molecule has 1 atom stereocenters. The molecular weight excluding hydrogens is 318 g/mol. The van der Waals surface area contributed by atoms with Crippen molar-refractivity contribution in [1.29, 1.82) is 0 Å². The van der Waals surface area contributed by atoms with E-state index in [0.717, 1.165) is 35.7 Å². The predicted molar refractivity (Wildman–Crippen MR) is 81.4 cm³/mol. The molecule has 1 aromatic carbocycles. The van der Waals surface area contributed by atoms with Crippen molar-refractivity contribution in [1.82, 2.24) is 5.32 Å². The first-order chi connectivity index (χ1) is 9.76. The van der Waals surface area contributed by atoms with Crippen LogP contribution in [-0.2, 0) is 0 Å². The predicted octanol–water partition coefficient (Wildman–Crippen LogP) is 3.82. The molecule has 0 radical (unpaired) electrons. The van der Waals surface area contributed by atoms with Gasteiger partial charge in [0.05, 0.1) is 17.7 Å². The molecule has 3 nitrogen and oxygen atoms in total. The zero-order valence-corrected chi connectivity index (χ0v) is 13.2. The molecule has 0 aromatic heterocycles. The van der Waals surface area contributed by atoms with Crippen LogP contribution >= 0.6 is 15.9 Å². The van der Waals surface area contributed by atoms with E-state index < -0.39 is 0 Å². The Bertz CT molecular complexity index is 521. The highest BCUT2D eigenvalue weighted by Crippen LogP contribution is 2.50. The molecule has 2 heterocycles. The van der Waals surface area contributed by atoms with E-state index in [4.69, 9.17) is 9.47 Å². The molecule has 4 rings (SSSR count). The van der Waals surface area contributed by atoms with Crippen LogP contribution in [0.3, 0.4) is 0 Å². The zero-order chi connectivity index (χ0) is 13.6. The monoisotopic (exact) mass is 337 g/mol. The molecule has 1 aliphatic carbocycles. The van der Waals surface area contributed by atoms with Gasteiger partial charge in [0.15, 0.2) is 11.5 Å². The van der Waals surface area contributed by atoms with E-state index in [2.05, 4.69) is 33.4 Å². The molecule has 0 amide bonds. The molecule has 1 N–H and O–H groups in total. The third-order valence-electron chi connectivity index (χ3n) is 4.76. The first-order valence-electron chi connectivity index (χ1n) is 7.58. The van der Waals surface area contributed by atoms with Crippen LogP contribution in [0.25, 0.3) is 0 Å². The van der Waals surface area contributed by atoms with Crippen LogP contribution in [0, 0.1) is 5.41 Å². The summed E-state index contributed by atoms with van der Waals surface area (Å²) in [5.74, 6) is 1.79. The lowest BCUT2D eigenvalue weighted by Crippen LogP contribution is -2.26. The number of ether oxygens (including phenoxy) is 2. The third-order valence-corrected chi connectivity index (χ3v) is 5.35. The Hall–Kier alpha value is -0.740. The van der Waals surface area contributed by atoms with Gasteiger partial charge in [-0.15, -0.1) is 0 Å². The summed E-state index contributed by atoms with van der Waals surface area (Å²) in [5.41, 5.74) is 1.60. The Labute approximate surface area is 128 Å². The van der Waals surface area contributed by atoms with E-state index in [9.17, 15) is 0 Å². The van der Waals surface area contributed by atoms with Crippen LogP contribution in [0.5, 0.6) is 11.5 Å². The highest BCUT2D eigenvalue weighted by Gasteiger charge is 2.46. The van der Waals surface area contributed by atoms with Crippen LogP contribution in [0.1, 0.15) is 43.7 Å². The largest absolute Gasteiger partial charge is 0.489 e. The summed E-state index contributed by atoms with van der Waals surface area (Å²) in [5, 5.41) is 3.60. The Morgan fingerprint density at radius 1 is 1.15 bits per heavy atom. The van der Waals surface area contributed by atoms with Crippen LogP contribution in [0.4, 0.5) is 0 Å². The number of rotatable bonds is 1. The maximum absolute atomic E-state index is 6.06. The lowest BCUT2D eigenvalue weighted by molar-refractivity contribution is 0.196. The number of halogens is 1. The first-order valence-corrected chi connectivity index (χ1v) is 8.38. The molecule has 1 saturated heterocycles. The van der Waals surface area contributed by atoms with Gasteiger partial charge in [-0.3, -0.25) is 0 Å². The van der Waals surface area contributed by atoms with Gasteiger partial charge >= 0.3 is 0 Å². The van der Waals surface area contributed by atoms with Crippen molar-refractivity contribution in [2.75, 3.05) is 19.8 Å². The Morgan fingerprint density at radius 2 is 2.00 bits per heavy atom. The van der Waals surface area contributed by atoms with Crippen molar-refractivity contribution in [3.63, 3.8) is 0 Å². The third kappa shape index (κ3) is 2.33. The molecule has 2 aliphatic heterocycles. The summed E-state index contributed by atoms with van der Waals surface area (Å²) < 4.78 is 13.1. The maximum Gasteiger partial charge on any atom is 0.175 e. The summed E-state index contributed by atoms with van der Waals surface area (Å²) in [6.45, 7) is 2.70. The highest BCUT2D eigenvalue weighted by molar-refractivity contribution is 9.10. The molecule has 0 bridgehead atoms. The maximum atomic E-state index is 6.06. The van der Waals surface area contributed by atoms with Crippen molar-refractivity contribution in [2.24, 2.45) is 5.41 Å². The second-order valence-electron chi connectivity index (χ2n) is 6.41. The second-order valence-corrected chi connectivity index (χ2v) is 7.26. The average molecular weight is 338 g/mol. The van der Waals surface area contributed by atoms with Gasteiger partial charge in [0.1, 0.15) is 0 Å². The van der Waals surface area contributed by atoms with Crippen LogP contribution < -0.4 is 14.8 Å². The van der Waals surface area contributed by atoms with Crippen LogP contribution in [0.15, 0.2) is 16.6 Å². The van der Waals surface area contributed by atoms with Crippen molar-refractivity contribution in [2.45, 2.75) is 38.1 Å². The quantitative estimate of drug-likeness (QED) is 0.845. The summed E-state index contributed by atoms with van der Waals surface area (Å²) in [7, 11) is 0. The van der Waals surface area contributed by atoms with Gasteiger partial charge in [-0.25, -0.2) is 0 Å². The van der Waals surface area contributed by atoms with Gasteiger partial charge in [-0.05, 0) is 65.9 Å². The Kier molecular flexibility index (Phi) is 3.19. The highest BCUT2D eigenvalue weighted by atomic mass is 79.9. The van der Waals surface area contributed by atoms with Gasteiger partial charge in [-0.1, -0.05) is 6.42 Å². The number of hydrogen-bond donors (Lipinski definition) is 1. The summed E-state index contributed by atoms with van der Waals surface area (Å²) >= 11 is 3.66. The molecule has 1 spiro atoms. The first kappa shape index (κ1) is 13.0. The number of hydrogen-bond acceptors (Lipinski definition) is 3. The van der Waals surface area contributed by atoms with Crippen molar-refractivity contribution in [3.05, 3.63) is 22.2 Å². The second kappa shape index (κ2) is 4.92. The average Bonchev–Trinajstić information content (AvgIpc) is 3.27. The normalized spacial score (nSPS) is 27.1. The van der Waals surface area contributed by atoms with E-state index in [0.29, 0.717) is 11.5 Å². The molecule has 3 aliphatic rings. The number of benzene rings is 1. The Balaban J connectivity index is 1.64. The zero-order valence-electron chi connectivity index (χ0n) is 11.6. The van der Waals surface area contributed by atoms with Crippen LogP contribution in [0.2, 0.25) is 0 Å². The topological polar surface area (TPSA) is 30.5 Å². The summed E-state index contributed by atoms with van der Waals surface area (Å²) in [4.78, 5) is 0. The summed E-state index contributed by atoms with van der Waals surface area (Å²) in [6, 6.07) is 4.81. The van der Waals surface area contributed by atoms with Crippen molar-refractivity contribution < 1.29 is 9.47 Å². The molecule has 4 heteroatoms. The SMILES string of the molecule is Brc1cc(C2CCCCN2)cc2c1OCC1(CC1)CO2. The Morgan fingerprint density at radius 3 is 2.75 bits per heavy atom. The molecule has 20 heavy (non-hydrogen) atoms. The van der Waals surface area contributed by atoms with Gasteiger partial charge in [-0.2, -0.15) is 0 Å². The number of nitrogens with one attached hydrogen (secondary N) is 1. The smallest absolute Gasteiger partial charge is 0.175 e. The molecule has 108 valence electrons. The van der Waals surface area contributed by atoms with Crippen LogP contribution in [-0.4, -0.2) is 19.8 Å². The fourth-order valence-corrected chi connectivity index (χ4v) is 3.71. The van der Waals surface area contributed by atoms with E-state index >= 15 is 0 Å². The molecular formula is C16H20BrNO2. The molecule has 1 aromatic rings. The summed E-state index contributed by atoms with van der Waals surface area (Å²) in [6.07, 6.45) is 6.25. The number of piperidine rings is 1. The minimum atomic E-state index is 0.293. The van der Waals surface area contributed by atoms with Crippen molar-refractivity contribution >= 4 is 15.9 Å². The molecule has 2 fully saturated rings. The molecule has 1 saturated carbocycles. The van der Waals surface area contributed by atoms with Gasteiger partial charge in [0, 0.05) is 11.5 Å². The number of fused-ring (bicyclic) bond motifs is 1.